The molecular weight excluding hydrogens is 422 g/mol. The Morgan fingerprint density at radius 1 is 1.10 bits per heavy atom. The van der Waals surface area contributed by atoms with E-state index in [4.69, 9.17) is 16.6 Å². The lowest BCUT2D eigenvalue weighted by Crippen LogP contribution is -2.39. The fraction of sp³-hybridized carbons (Fsp3) is 0.364. The van der Waals surface area contributed by atoms with E-state index in [9.17, 15) is 4.79 Å². The molecule has 3 rings (SSSR count). The zero-order valence-corrected chi connectivity index (χ0v) is 19.4. The summed E-state index contributed by atoms with van der Waals surface area (Å²) in [6.45, 7) is 9.73. The fourth-order valence-corrected chi connectivity index (χ4v) is 5.03. The molecule has 154 valence electrons. The van der Waals surface area contributed by atoms with Crippen molar-refractivity contribution in [2.45, 2.75) is 25.7 Å². The second-order valence-corrected chi connectivity index (χ2v) is 9.28. The van der Waals surface area contributed by atoms with Gasteiger partial charge in [-0.1, -0.05) is 54.5 Å². The quantitative estimate of drug-likeness (QED) is 0.393. The summed E-state index contributed by atoms with van der Waals surface area (Å²) in [5.74, 6) is 0.464. The molecule has 0 saturated carbocycles. The van der Waals surface area contributed by atoms with Crippen molar-refractivity contribution in [2.24, 2.45) is 0 Å². The highest BCUT2D eigenvalue weighted by Gasteiger charge is 2.20. The lowest BCUT2D eigenvalue weighted by atomic mass is 10.2. The molecule has 0 atom stereocenters. The minimum Gasteiger partial charge on any atom is -0.302 e. The van der Waals surface area contributed by atoms with Gasteiger partial charge in [-0.15, -0.1) is 11.8 Å². The van der Waals surface area contributed by atoms with Gasteiger partial charge in [0.05, 0.1) is 16.0 Å². The van der Waals surface area contributed by atoms with Crippen LogP contribution in [0.4, 0.5) is 5.13 Å². The number of likely N-dealkylation sites (N-methyl/N-ethyl adjacent to an activating group) is 1. The second-order valence-electron chi connectivity index (χ2n) is 6.78. The van der Waals surface area contributed by atoms with E-state index in [1.165, 1.54) is 16.9 Å². The van der Waals surface area contributed by atoms with Crippen LogP contribution in [0, 0.1) is 6.92 Å². The lowest BCUT2D eigenvalue weighted by molar-refractivity contribution is -0.116. The van der Waals surface area contributed by atoms with Gasteiger partial charge in [-0.25, -0.2) is 4.98 Å². The van der Waals surface area contributed by atoms with Crippen LogP contribution in [-0.2, 0) is 4.79 Å². The van der Waals surface area contributed by atoms with Gasteiger partial charge in [0.2, 0.25) is 5.91 Å². The molecule has 0 saturated heterocycles. The number of carbonyl (C=O) groups is 1. The normalized spacial score (nSPS) is 11.3. The van der Waals surface area contributed by atoms with Crippen LogP contribution in [0.3, 0.4) is 0 Å². The van der Waals surface area contributed by atoms with Gasteiger partial charge in [0.25, 0.3) is 0 Å². The van der Waals surface area contributed by atoms with Crippen molar-refractivity contribution in [1.82, 2.24) is 9.88 Å². The molecule has 0 unspecified atom stereocenters. The average molecular weight is 448 g/mol. The first-order chi connectivity index (χ1) is 14.0. The number of benzene rings is 2. The number of aryl methyl sites for hydroxylation is 1. The first-order valence-electron chi connectivity index (χ1n) is 9.78. The summed E-state index contributed by atoms with van der Waals surface area (Å²) < 4.78 is 0.999. The zero-order chi connectivity index (χ0) is 20.8. The van der Waals surface area contributed by atoms with Crippen molar-refractivity contribution in [1.29, 1.82) is 0 Å². The van der Waals surface area contributed by atoms with Gasteiger partial charge in [0.15, 0.2) is 5.13 Å². The Morgan fingerprint density at radius 3 is 2.52 bits per heavy atom. The number of fused-ring (bicyclic) bond motifs is 1. The number of carbonyl (C=O) groups excluding carboxylic acids is 1. The third-order valence-electron chi connectivity index (χ3n) is 4.79. The molecule has 1 aromatic heterocycles. The van der Waals surface area contributed by atoms with Crippen LogP contribution in [0.1, 0.15) is 19.4 Å². The molecule has 7 heteroatoms. The molecule has 0 spiro atoms. The third-order valence-corrected chi connectivity index (χ3v) is 7.06. The number of amides is 1. The van der Waals surface area contributed by atoms with Crippen molar-refractivity contribution in [3.63, 3.8) is 0 Å². The Kier molecular flexibility index (Phi) is 7.95. The number of thiazole rings is 1. The van der Waals surface area contributed by atoms with Crippen molar-refractivity contribution in [3.05, 3.63) is 53.1 Å². The zero-order valence-electron chi connectivity index (χ0n) is 17.0. The first kappa shape index (κ1) is 22.1. The van der Waals surface area contributed by atoms with Crippen LogP contribution in [0.15, 0.2) is 47.4 Å². The number of hydrogen-bond donors (Lipinski definition) is 0. The van der Waals surface area contributed by atoms with Crippen LogP contribution in [0.2, 0.25) is 5.02 Å². The molecule has 0 bridgehead atoms. The van der Waals surface area contributed by atoms with Crippen molar-refractivity contribution >= 4 is 56.0 Å². The van der Waals surface area contributed by atoms with Gasteiger partial charge in [-0.2, -0.15) is 0 Å². The summed E-state index contributed by atoms with van der Waals surface area (Å²) in [5, 5.41) is 1.42. The van der Waals surface area contributed by atoms with Gasteiger partial charge in [0.1, 0.15) is 0 Å². The third kappa shape index (κ3) is 5.95. The van der Waals surface area contributed by atoms with Gasteiger partial charge >= 0.3 is 0 Å². The Labute approximate surface area is 185 Å². The standard InChI is InChI=1S/C22H26ClN3OS2/c1-4-25(5-2)12-13-26(21(27)15-28-18-9-6-16(3)7-10-18)22-24-19-11-8-17(23)14-20(19)29-22/h6-11,14H,4-5,12-13,15H2,1-3H3. The summed E-state index contributed by atoms with van der Waals surface area (Å²) in [6.07, 6.45) is 0. The highest BCUT2D eigenvalue weighted by Crippen LogP contribution is 2.31. The van der Waals surface area contributed by atoms with E-state index in [2.05, 4.69) is 49.9 Å². The van der Waals surface area contributed by atoms with Gasteiger partial charge in [-0.3, -0.25) is 9.69 Å². The molecule has 0 N–H and O–H groups in total. The topological polar surface area (TPSA) is 36.4 Å². The summed E-state index contributed by atoms with van der Waals surface area (Å²) in [5.41, 5.74) is 2.09. The lowest BCUT2D eigenvalue weighted by Gasteiger charge is -2.24. The van der Waals surface area contributed by atoms with Crippen molar-refractivity contribution in [2.75, 3.05) is 36.8 Å². The smallest absolute Gasteiger partial charge is 0.239 e. The molecule has 1 amide bonds. The van der Waals surface area contributed by atoms with Crippen molar-refractivity contribution in [3.8, 4) is 0 Å². The molecule has 0 aliphatic rings. The van der Waals surface area contributed by atoms with Crippen LogP contribution in [-0.4, -0.2) is 47.7 Å². The number of nitrogens with zero attached hydrogens (tertiary/aromatic N) is 3. The van der Waals surface area contributed by atoms with Crippen molar-refractivity contribution < 1.29 is 4.79 Å². The van der Waals surface area contributed by atoms with E-state index in [0.717, 1.165) is 39.9 Å². The molecule has 1 heterocycles. The number of rotatable bonds is 9. The minimum atomic E-state index is 0.0767. The predicted molar refractivity (Wildman–Crippen MR) is 127 cm³/mol. The largest absolute Gasteiger partial charge is 0.302 e. The summed E-state index contributed by atoms with van der Waals surface area (Å²) >= 11 is 9.21. The maximum Gasteiger partial charge on any atom is 0.239 e. The van der Waals surface area contributed by atoms with Crippen LogP contribution in [0.5, 0.6) is 0 Å². The maximum atomic E-state index is 13.1. The Balaban J connectivity index is 1.78. The fourth-order valence-electron chi connectivity index (χ4n) is 2.97. The molecule has 2 aromatic carbocycles. The van der Waals surface area contributed by atoms with Crippen LogP contribution < -0.4 is 4.90 Å². The van der Waals surface area contributed by atoms with Crippen LogP contribution >= 0.6 is 34.7 Å². The second kappa shape index (κ2) is 10.4. The Morgan fingerprint density at radius 2 is 1.83 bits per heavy atom. The first-order valence-corrected chi connectivity index (χ1v) is 12.0. The number of anilines is 1. The Hall–Kier alpha value is -1.60. The highest BCUT2D eigenvalue weighted by atomic mass is 35.5. The molecule has 0 radical (unpaired) electrons. The number of hydrogen-bond acceptors (Lipinski definition) is 5. The highest BCUT2D eigenvalue weighted by molar-refractivity contribution is 8.00. The molecule has 0 fully saturated rings. The molecule has 3 aromatic rings. The van der Waals surface area contributed by atoms with E-state index in [0.29, 0.717) is 17.3 Å². The number of aromatic nitrogens is 1. The molecule has 0 aliphatic heterocycles. The van der Waals surface area contributed by atoms with Gasteiger partial charge < -0.3 is 4.90 Å². The van der Waals surface area contributed by atoms with E-state index >= 15 is 0 Å². The predicted octanol–water partition coefficient (Wildman–Crippen LogP) is 5.73. The molecular formula is C22H26ClN3OS2. The van der Waals surface area contributed by atoms with E-state index in [1.54, 1.807) is 11.8 Å². The number of thioether (sulfide) groups is 1. The Bertz CT molecular complexity index is 954. The molecule has 29 heavy (non-hydrogen) atoms. The van der Waals surface area contributed by atoms with E-state index in [-0.39, 0.29) is 5.91 Å². The average Bonchev–Trinajstić information content (AvgIpc) is 3.13. The maximum absolute atomic E-state index is 13.1. The SMILES string of the molecule is CCN(CC)CCN(C(=O)CSc1ccc(C)cc1)c1nc2ccc(Cl)cc2s1. The van der Waals surface area contributed by atoms with E-state index < -0.39 is 0 Å². The molecule has 0 aliphatic carbocycles. The summed E-state index contributed by atoms with van der Waals surface area (Å²) in [7, 11) is 0. The molecule has 4 nitrogen and oxygen atoms in total. The monoisotopic (exact) mass is 447 g/mol. The summed E-state index contributed by atoms with van der Waals surface area (Å²) in [4.78, 5) is 23.1. The van der Waals surface area contributed by atoms with Gasteiger partial charge in [-0.05, 0) is 50.3 Å². The number of halogens is 1. The van der Waals surface area contributed by atoms with Crippen LogP contribution in [0.25, 0.3) is 10.2 Å². The van der Waals surface area contributed by atoms with E-state index in [1.807, 2.05) is 23.1 Å². The minimum absolute atomic E-state index is 0.0767. The summed E-state index contributed by atoms with van der Waals surface area (Å²) in [6, 6.07) is 13.9. The van der Waals surface area contributed by atoms with Gasteiger partial charge in [0, 0.05) is 23.0 Å².